The summed E-state index contributed by atoms with van der Waals surface area (Å²) in [6.45, 7) is 12.4. The molecule has 9 heteroatoms. The lowest BCUT2D eigenvalue weighted by Gasteiger charge is -2.31. The fourth-order valence-corrected chi connectivity index (χ4v) is 4.44. The summed E-state index contributed by atoms with van der Waals surface area (Å²) < 4.78 is 21.0. The van der Waals surface area contributed by atoms with Crippen molar-refractivity contribution in [3.05, 3.63) is 12.7 Å². The minimum Gasteiger partial charge on any atom is -0.382 e. The molecular weight excluding hydrogens is 384 g/mol. The second-order valence-electron chi connectivity index (χ2n) is 9.01. The maximum absolute atomic E-state index is 6.53. The zero-order valence-corrected chi connectivity index (χ0v) is 18.6. The van der Waals surface area contributed by atoms with Gasteiger partial charge in [-0.15, -0.1) is 0 Å². The van der Waals surface area contributed by atoms with Crippen molar-refractivity contribution in [2.45, 2.75) is 90.2 Å². The summed E-state index contributed by atoms with van der Waals surface area (Å²) in [7, 11) is 0. The lowest BCUT2D eigenvalue weighted by molar-refractivity contribution is -0.198. The molecule has 0 bridgehead atoms. The number of fused-ring (bicyclic) bond motifs is 2. The molecule has 2 saturated heterocycles. The highest BCUT2D eigenvalue weighted by atomic mass is 16.8. The van der Waals surface area contributed by atoms with E-state index in [9.17, 15) is 0 Å². The first-order valence-electron chi connectivity index (χ1n) is 11.0. The van der Waals surface area contributed by atoms with Crippen molar-refractivity contribution in [3.8, 4) is 0 Å². The Morgan fingerprint density at radius 1 is 1.17 bits per heavy atom. The van der Waals surface area contributed by atoms with E-state index in [2.05, 4.69) is 40.6 Å². The first-order valence-corrected chi connectivity index (χ1v) is 11.0. The van der Waals surface area contributed by atoms with Crippen molar-refractivity contribution >= 4 is 17.0 Å². The summed E-state index contributed by atoms with van der Waals surface area (Å²) in [4.78, 5) is 15.3. The molecule has 2 aromatic heterocycles. The number of hydrogen-bond acceptors (Lipinski definition) is 8. The number of rotatable bonds is 8. The smallest absolute Gasteiger partial charge is 0.167 e. The number of hydrogen-bond donors (Lipinski definition) is 1. The Labute approximate surface area is 177 Å². The van der Waals surface area contributed by atoms with Gasteiger partial charge in [-0.1, -0.05) is 19.8 Å². The highest BCUT2D eigenvalue weighted by molar-refractivity contribution is 5.81. The molecule has 0 amide bonds. The van der Waals surface area contributed by atoms with Gasteiger partial charge in [-0.05, 0) is 40.7 Å². The van der Waals surface area contributed by atoms with E-state index in [1.54, 1.807) is 6.33 Å². The summed E-state index contributed by atoms with van der Waals surface area (Å²) >= 11 is 0. The van der Waals surface area contributed by atoms with Gasteiger partial charge < -0.3 is 19.9 Å². The van der Waals surface area contributed by atoms with E-state index >= 15 is 0 Å². The number of nitrogens with zero attached hydrogens (tertiary/aromatic N) is 5. The predicted octanol–water partition coefficient (Wildman–Crippen LogP) is 2.73. The van der Waals surface area contributed by atoms with Gasteiger partial charge in [-0.3, -0.25) is 9.47 Å². The second-order valence-corrected chi connectivity index (χ2v) is 9.01. The fraction of sp³-hybridized carbons (Fsp3) is 0.762. The normalized spacial score (nSPS) is 28.1. The van der Waals surface area contributed by atoms with Gasteiger partial charge in [0.25, 0.3) is 0 Å². The Morgan fingerprint density at radius 2 is 1.93 bits per heavy atom. The van der Waals surface area contributed by atoms with Crippen LogP contribution in [0.15, 0.2) is 12.7 Å². The molecule has 4 rings (SSSR count). The minimum absolute atomic E-state index is 0.109. The summed E-state index contributed by atoms with van der Waals surface area (Å²) in [5.41, 5.74) is 7.19. The molecule has 0 aromatic carbocycles. The lowest BCUT2D eigenvalue weighted by Crippen LogP contribution is -2.43. The van der Waals surface area contributed by atoms with Crippen molar-refractivity contribution in [2.24, 2.45) is 0 Å². The third-order valence-electron chi connectivity index (χ3n) is 5.98. The summed E-state index contributed by atoms with van der Waals surface area (Å²) in [6, 6.07) is 0.430. The van der Waals surface area contributed by atoms with Crippen molar-refractivity contribution in [1.29, 1.82) is 0 Å². The number of nitrogens with two attached hydrogens (primary N) is 1. The number of unbranched alkanes of at least 4 members (excludes halogenated alkanes) is 2. The Kier molecular flexibility index (Phi) is 5.98. The Morgan fingerprint density at radius 3 is 2.67 bits per heavy atom. The van der Waals surface area contributed by atoms with E-state index in [-0.39, 0.29) is 24.5 Å². The Balaban J connectivity index is 1.59. The van der Waals surface area contributed by atoms with Crippen LogP contribution in [0.1, 0.15) is 60.1 Å². The van der Waals surface area contributed by atoms with Gasteiger partial charge in [-0.25, -0.2) is 15.0 Å². The van der Waals surface area contributed by atoms with Gasteiger partial charge in [-0.2, -0.15) is 0 Å². The SMILES string of the molecule is CCCCCN(C[C@H]1O[C@@H](n2cnc3c(N)ncnc32)[C@@H]2OC(C)(C)O[C@@H]21)C(C)C. The van der Waals surface area contributed by atoms with Gasteiger partial charge in [0.2, 0.25) is 0 Å². The van der Waals surface area contributed by atoms with Crippen molar-refractivity contribution in [1.82, 2.24) is 24.4 Å². The third-order valence-corrected chi connectivity index (χ3v) is 5.98. The molecule has 0 aliphatic carbocycles. The molecule has 0 saturated carbocycles. The summed E-state index contributed by atoms with van der Waals surface area (Å²) in [6.07, 6.45) is 5.88. The molecule has 30 heavy (non-hydrogen) atoms. The van der Waals surface area contributed by atoms with Gasteiger partial charge in [0.15, 0.2) is 23.5 Å². The van der Waals surface area contributed by atoms with Crippen LogP contribution in [0, 0.1) is 0 Å². The number of ether oxygens (including phenoxy) is 3. The largest absolute Gasteiger partial charge is 0.382 e. The molecule has 2 N–H and O–H groups in total. The summed E-state index contributed by atoms with van der Waals surface area (Å²) in [5.74, 6) is -0.305. The van der Waals surface area contributed by atoms with Crippen LogP contribution in [-0.2, 0) is 14.2 Å². The van der Waals surface area contributed by atoms with Crippen LogP contribution in [0.3, 0.4) is 0 Å². The van der Waals surface area contributed by atoms with Crippen LogP contribution in [0.5, 0.6) is 0 Å². The topological polar surface area (TPSA) is 101 Å². The van der Waals surface area contributed by atoms with Crippen LogP contribution in [-0.4, -0.2) is 67.6 Å². The van der Waals surface area contributed by atoms with E-state index in [4.69, 9.17) is 19.9 Å². The van der Waals surface area contributed by atoms with E-state index in [0.29, 0.717) is 23.0 Å². The molecule has 0 spiro atoms. The molecule has 166 valence electrons. The van der Waals surface area contributed by atoms with Crippen LogP contribution in [0.25, 0.3) is 11.2 Å². The maximum Gasteiger partial charge on any atom is 0.167 e. The van der Waals surface area contributed by atoms with Crippen molar-refractivity contribution in [2.75, 3.05) is 18.8 Å². The predicted molar refractivity (Wildman–Crippen MR) is 114 cm³/mol. The first kappa shape index (κ1) is 21.4. The molecule has 2 fully saturated rings. The third kappa shape index (κ3) is 4.03. The fourth-order valence-electron chi connectivity index (χ4n) is 4.44. The van der Waals surface area contributed by atoms with Gasteiger partial charge in [0, 0.05) is 12.6 Å². The van der Waals surface area contributed by atoms with E-state index < -0.39 is 5.79 Å². The molecule has 0 unspecified atom stereocenters. The maximum atomic E-state index is 6.53. The van der Waals surface area contributed by atoms with E-state index in [1.165, 1.54) is 25.6 Å². The lowest BCUT2D eigenvalue weighted by atomic mass is 10.1. The average molecular weight is 419 g/mol. The van der Waals surface area contributed by atoms with Gasteiger partial charge in [0.05, 0.1) is 6.33 Å². The number of anilines is 1. The highest BCUT2D eigenvalue weighted by Crippen LogP contribution is 2.44. The Bertz CT molecular complexity index is 870. The second kappa shape index (κ2) is 8.37. The molecule has 4 atom stereocenters. The standard InChI is InChI=1S/C21H34N6O3/c1-6-7-8-9-26(13(2)3)10-14-16-17(30-21(4,5)29-16)20(28-14)27-12-25-15-18(22)23-11-24-19(15)27/h11-14,16-17,20H,6-10H2,1-5H3,(H2,22,23,24)/t14-,16-,17-,20-/m1/s1. The van der Waals surface area contributed by atoms with Crippen LogP contribution >= 0.6 is 0 Å². The summed E-state index contributed by atoms with van der Waals surface area (Å²) in [5, 5.41) is 0. The van der Waals surface area contributed by atoms with Gasteiger partial charge >= 0.3 is 0 Å². The molecule has 2 aliphatic rings. The van der Waals surface area contributed by atoms with Crippen LogP contribution in [0.4, 0.5) is 5.82 Å². The highest BCUT2D eigenvalue weighted by Gasteiger charge is 2.56. The van der Waals surface area contributed by atoms with Crippen molar-refractivity contribution in [3.63, 3.8) is 0 Å². The van der Waals surface area contributed by atoms with Crippen LogP contribution in [0.2, 0.25) is 0 Å². The first-order chi connectivity index (χ1) is 14.3. The zero-order chi connectivity index (χ0) is 21.5. The Hall–Kier alpha value is -1.81. The van der Waals surface area contributed by atoms with Crippen LogP contribution < -0.4 is 5.73 Å². The zero-order valence-electron chi connectivity index (χ0n) is 18.6. The molecule has 0 radical (unpaired) electrons. The molecule has 2 aliphatic heterocycles. The molecule has 2 aromatic rings. The van der Waals surface area contributed by atoms with E-state index in [0.717, 1.165) is 13.1 Å². The quantitative estimate of drug-likeness (QED) is 0.653. The minimum atomic E-state index is -0.662. The molecule has 9 nitrogen and oxygen atoms in total. The number of nitrogen functional groups attached to an aromatic ring is 1. The molecular formula is C21H34N6O3. The average Bonchev–Trinajstić information content (AvgIpc) is 3.33. The monoisotopic (exact) mass is 418 g/mol. The van der Waals surface area contributed by atoms with Crippen molar-refractivity contribution < 1.29 is 14.2 Å². The van der Waals surface area contributed by atoms with Gasteiger partial charge in [0.1, 0.15) is 30.2 Å². The number of imidazole rings is 1. The number of aromatic nitrogens is 4. The van der Waals surface area contributed by atoms with E-state index in [1.807, 2.05) is 18.4 Å². The molecule has 4 heterocycles.